The van der Waals surface area contributed by atoms with Gasteiger partial charge in [-0.25, -0.2) is 8.42 Å². The van der Waals surface area contributed by atoms with Gasteiger partial charge in [-0.15, -0.1) is 11.3 Å². The second-order valence-corrected chi connectivity index (χ2v) is 9.49. The van der Waals surface area contributed by atoms with Gasteiger partial charge in [0.25, 0.3) is 10.0 Å². The Morgan fingerprint density at radius 2 is 1.87 bits per heavy atom. The number of nitrogens with zero attached hydrogens (tertiary/aromatic N) is 3. The molecule has 0 aliphatic carbocycles. The fraction of sp³-hybridized carbons (Fsp3) is 0.357. The van der Waals surface area contributed by atoms with Crippen LogP contribution in [0, 0.1) is 0 Å². The van der Waals surface area contributed by atoms with Crippen LogP contribution in [0.15, 0.2) is 34.8 Å². The molecule has 2 aromatic heterocycles. The molecule has 3 heterocycles. The first-order valence-corrected chi connectivity index (χ1v) is 10.0. The van der Waals surface area contributed by atoms with Gasteiger partial charge in [0.1, 0.15) is 4.21 Å². The van der Waals surface area contributed by atoms with E-state index < -0.39 is 10.0 Å². The quantitative estimate of drug-likeness (QED) is 0.803. The van der Waals surface area contributed by atoms with Crippen molar-refractivity contribution >= 4 is 44.6 Å². The lowest BCUT2D eigenvalue weighted by Crippen LogP contribution is -2.48. The fourth-order valence-corrected chi connectivity index (χ4v) is 5.70. The second-order valence-electron chi connectivity index (χ2n) is 5.21. The van der Waals surface area contributed by atoms with Crippen molar-refractivity contribution in [2.75, 3.05) is 26.2 Å². The Morgan fingerprint density at radius 3 is 2.48 bits per heavy atom. The molecule has 3 rings (SSSR count). The summed E-state index contributed by atoms with van der Waals surface area (Å²) in [5.74, 6) is 0. The first-order valence-electron chi connectivity index (χ1n) is 7.03. The third-order valence-electron chi connectivity index (χ3n) is 3.72. The number of hydrogen-bond donors (Lipinski definition) is 0. The maximum Gasteiger partial charge on any atom is 0.252 e. The number of piperazine rings is 1. The number of aromatic nitrogens is 1. The predicted octanol–water partition coefficient (Wildman–Crippen LogP) is 2.96. The van der Waals surface area contributed by atoms with E-state index in [1.165, 1.54) is 4.31 Å². The summed E-state index contributed by atoms with van der Waals surface area (Å²) in [6, 6.07) is 5.06. The van der Waals surface area contributed by atoms with Crippen LogP contribution < -0.4 is 0 Å². The minimum absolute atomic E-state index is 0.299. The van der Waals surface area contributed by atoms with E-state index in [1.54, 1.807) is 24.5 Å². The standard InChI is InChI=1S/C14H15Cl2N3O2S2/c15-12-9-17-4-3-11(12)10-18-5-7-19(8-6-18)23(20,21)14-2-1-13(16)22-14/h1-4,9H,5-8,10H2. The Balaban J connectivity index is 1.63. The van der Waals surface area contributed by atoms with Gasteiger partial charge in [0, 0.05) is 45.1 Å². The van der Waals surface area contributed by atoms with Crippen molar-refractivity contribution < 1.29 is 8.42 Å². The maximum atomic E-state index is 12.5. The first kappa shape index (κ1) is 17.1. The van der Waals surface area contributed by atoms with Gasteiger partial charge in [-0.2, -0.15) is 4.31 Å². The smallest absolute Gasteiger partial charge is 0.252 e. The van der Waals surface area contributed by atoms with Crippen molar-refractivity contribution in [2.24, 2.45) is 0 Å². The molecule has 1 aliphatic heterocycles. The molecule has 0 atom stereocenters. The Morgan fingerprint density at radius 1 is 1.13 bits per heavy atom. The molecule has 1 fully saturated rings. The zero-order chi connectivity index (χ0) is 16.4. The van der Waals surface area contributed by atoms with Gasteiger partial charge in [0.05, 0.1) is 9.36 Å². The van der Waals surface area contributed by atoms with Crippen molar-refractivity contribution in [3.63, 3.8) is 0 Å². The molecule has 0 radical (unpaired) electrons. The summed E-state index contributed by atoms with van der Waals surface area (Å²) in [5.41, 5.74) is 1.00. The van der Waals surface area contributed by atoms with E-state index in [1.807, 2.05) is 6.07 Å². The summed E-state index contributed by atoms with van der Waals surface area (Å²) >= 11 is 13.1. The Hall–Kier alpha value is -0.700. The minimum Gasteiger partial charge on any atom is -0.296 e. The van der Waals surface area contributed by atoms with Crippen LogP contribution in [-0.4, -0.2) is 48.8 Å². The summed E-state index contributed by atoms with van der Waals surface area (Å²) < 4.78 is 27.4. The van der Waals surface area contributed by atoms with Crippen molar-refractivity contribution in [1.29, 1.82) is 0 Å². The summed E-state index contributed by atoms with van der Waals surface area (Å²) in [6.07, 6.45) is 3.33. The number of sulfonamides is 1. The molecule has 0 aromatic carbocycles. The van der Waals surface area contributed by atoms with E-state index >= 15 is 0 Å². The van der Waals surface area contributed by atoms with E-state index in [-0.39, 0.29) is 0 Å². The molecular formula is C14H15Cl2N3O2S2. The molecule has 9 heteroatoms. The van der Waals surface area contributed by atoms with Gasteiger partial charge in [-0.3, -0.25) is 9.88 Å². The number of hydrogen-bond acceptors (Lipinski definition) is 5. The highest BCUT2D eigenvalue weighted by Crippen LogP contribution is 2.28. The van der Waals surface area contributed by atoms with Crippen LogP contribution in [0.1, 0.15) is 5.56 Å². The third kappa shape index (κ3) is 3.87. The number of pyridine rings is 1. The summed E-state index contributed by atoms with van der Waals surface area (Å²) in [4.78, 5) is 6.16. The lowest BCUT2D eigenvalue weighted by atomic mass is 10.2. The largest absolute Gasteiger partial charge is 0.296 e. The van der Waals surface area contributed by atoms with Gasteiger partial charge in [-0.05, 0) is 23.8 Å². The van der Waals surface area contributed by atoms with Crippen LogP contribution in [0.5, 0.6) is 0 Å². The highest BCUT2D eigenvalue weighted by Gasteiger charge is 2.29. The summed E-state index contributed by atoms with van der Waals surface area (Å²) in [7, 11) is -3.44. The van der Waals surface area contributed by atoms with Crippen molar-refractivity contribution in [1.82, 2.24) is 14.2 Å². The molecule has 1 saturated heterocycles. The fourth-order valence-electron chi connectivity index (χ4n) is 2.46. The number of rotatable bonds is 4. The number of thiophene rings is 1. The molecule has 124 valence electrons. The highest BCUT2D eigenvalue weighted by atomic mass is 35.5. The first-order chi connectivity index (χ1) is 11.0. The van der Waals surface area contributed by atoms with Crippen molar-refractivity contribution in [2.45, 2.75) is 10.8 Å². The molecule has 0 spiro atoms. The molecule has 1 aliphatic rings. The zero-order valence-electron chi connectivity index (χ0n) is 12.2. The minimum atomic E-state index is -3.44. The molecule has 2 aromatic rings. The summed E-state index contributed by atoms with van der Waals surface area (Å²) in [5, 5.41) is 0.635. The monoisotopic (exact) mass is 391 g/mol. The van der Waals surface area contributed by atoms with Gasteiger partial charge in [-0.1, -0.05) is 23.2 Å². The molecule has 0 amide bonds. The van der Waals surface area contributed by atoms with E-state index in [2.05, 4.69) is 9.88 Å². The highest BCUT2D eigenvalue weighted by molar-refractivity contribution is 7.91. The lowest BCUT2D eigenvalue weighted by Gasteiger charge is -2.33. The van der Waals surface area contributed by atoms with Crippen LogP contribution in [0.3, 0.4) is 0 Å². The third-order valence-corrected chi connectivity index (χ3v) is 7.66. The van der Waals surface area contributed by atoms with Crippen LogP contribution in [0.4, 0.5) is 0 Å². The van der Waals surface area contributed by atoms with Gasteiger partial charge in [0.15, 0.2) is 0 Å². The van der Waals surface area contributed by atoms with Crippen LogP contribution in [0.2, 0.25) is 9.36 Å². The lowest BCUT2D eigenvalue weighted by molar-refractivity contribution is 0.182. The zero-order valence-corrected chi connectivity index (χ0v) is 15.3. The average molecular weight is 392 g/mol. The molecule has 0 bridgehead atoms. The maximum absolute atomic E-state index is 12.5. The molecular weight excluding hydrogens is 377 g/mol. The molecule has 5 nitrogen and oxygen atoms in total. The van der Waals surface area contributed by atoms with Gasteiger partial charge >= 0.3 is 0 Å². The van der Waals surface area contributed by atoms with E-state index in [0.717, 1.165) is 16.9 Å². The summed E-state index contributed by atoms with van der Waals surface area (Å²) in [6.45, 7) is 2.94. The van der Waals surface area contributed by atoms with Crippen LogP contribution in [0.25, 0.3) is 0 Å². The Bertz CT molecular complexity index is 787. The van der Waals surface area contributed by atoms with Gasteiger partial charge < -0.3 is 0 Å². The van der Waals surface area contributed by atoms with Crippen molar-refractivity contribution in [3.05, 3.63) is 45.5 Å². The van der Waals surface area contributed by atoms with Crippen LogP contribution in [-0.2, 0) is 16.6 Å². The van der Waals surface area contributed by atoms with Gasteiger partial charge in [0.2, 0.25) is 0 Å². The van der Waals surface area contributed by atoms with E-state index in [0.29, 0.717) is 46.3 Å². The molecule has 0 saturated carbocycles. The topological polar surface area (TPSA) is 53.5 Å². The second kappa shape index (κ2) is 7.04. The normalized spacial score (nSPS) is 17.5. The Kier molecular flexibility index (Phi) is 5.25. The predicted molar refractivity (Wildman–Crippen MR) is 92.6 cm³/mol. The molecule has 0 unspecified atom stereocenters. The molecule has 23 heavy (non-hydrogen) atoms. The van der Waals surface area contributed by atoms with E-state index in [4.69, 9.17) is 23.2 Å². The Labute approximate surface area is 149 Å². The average Bonchev–Trinajstić information content (AvgIpc) is 2.98. The SMILES string of the molecule is O=S(=O)(c1ccc(Cl)s1)N1CCN(Cc2ccncc2Cl)CC1. The van der Waals surface area contributed by atoms with E-state index in [9.17, 15) is 8.42 Å². The molecule has 0 N–H and O–H groups in total. The number of halogens is 2. The van der Waals surface area contributed by atoms with Crippen molar-refractivity contribution in [3.8, 4) is 0 Å². The van der Waals surface area contributed by atoms with Crippen LogP contribution >= 0.6 is 34.5 Å².